The molecule has 0 fully saturated rings. The number of benzene rings is 2. The molecule has 1 heterocycles. The van der Waals surface area contributed by atoms with Crippen LogP contribution in [-0.2, 0) is 11.3 Å². The molecule has 23 heavy (non-hydrogen) atoms. The maximum Gasteiger partial charge on any atom is 0.278 e. The van der Waals surface area contributed by atoms with E-state index in [-0.39, 0.29) is 18.2 Å². The molecule has 1 aliphatic heterocycles. The SMILES string of the molecule is CC(=O)CN1Cc2ccccc2C1=NC(=O)c1ccc(Cl)cc1. The molecule has 1 aliphatic rings. The molecule has 0 aromatic heterocycles. The van der Waals surface area contributed by atoms with Crippen molar-refractivity contribution in [3.8, 4) is 0 Å². The topological polar surface area (TPSA) is 49.7 Å². The van der Waals surface area contributed by atoms with Crippen molar-refractivity contribution in [1.29, 1.82) is 0 Å². The Morgan fingerprint density at radius 1 is 1.13 bits per heavy atom. The minimum Gasteiger partial charge on any atom is -0.344 e. The average molecular weight is 327 g/mol. The zero-order chi connectivity index (χ0) is 16.4. The van der Waals surface area contributed by atoms with Crippen molar-refractivity contribution in [2.45, 2.75) is 13.5 Å². The highest BCUT2D eigenvalue weighted by Gasteiger charge is 2.26. The normalized spacial score (nSPS) is 14.9. The molecule has 0 N–H and O–H groups in total. The lowest BCUT2D eigenvalue weighted by molar-refractivity contribution is -0.117. The van der Waals surface area contributed by atoms with Gasteiger partial charge < -0.3 is 4.90 Å². The van der Waals surface area contributed by atoms with E-state index in [0.717, 1.165) is 11.1 Å². The van der Waals surface area contributed by atoms with Crippen molar-refractivity contribution in [3.63, 3.8) is 0 Å². The smallest absolute Gasteiger partial charge is 0.278 e. The monoisotopic (exact) mass is 326 g/mol. The Morgan fingerprint density at radius 2 is 1.83 bits per heavy atom. The van der Waals surface area contributed by atoms with E-state index in [4.69, 9.17) is 11.6 Å². The molecule has 4 nitrogen and oxygen atoms in total. The summed E-state index contributed by atoms with van der Waals surface area (Å²) in [6.45, 7) is 2.35. The quantitative estimate of drug-likeness (QED) is 0.869. The Labute approximate surface area is 139 Å². The summed E-state index contributed by atoms with van der Waals surface area (Å²) in [5, 5.41) is 0.568. The van der Waals surface area contributed by atoms with Crippen molar-refractivity contribution in [3.05, 3.63) is 70.2 Å². The largest absolute Gasteiger partial charge is 0.344 e. The van der Waals surface area contributed by atoms with Crippen molar-refractivity contribution < 1.29 is 9.59 Å². The van der Waals surface area contributed by atoms with Crippen LogP contribution < -0.4 is 0 Å². The van der Waals surface area contributed by atoms with Gasteiger partial charge in [0.05, 0.1) is 6.54 Å². The second kappa shape index (κ2) is 6.34. The predicted octanol–water partition coefficient (Wildman–Crippen LogP) is 3.33. The summed E-state index contributed by atoms with van der Waals surface area (Å²) < 4.78 is 0. The first-order chi connectivity index (χ1) is 11.0. The molecule has 1 amide bonds. The first-order valence-corrected chi connectivity index (χ1v) is 7.63. The van der Waals surface area contributed by atoms with E-state index in [1.807, 2.05) is 29.2 Å². The van der Waals surface area contributed by atoms with Crippen LogP contribution in [0.15, 0.2) is 53.5 Å². The third kappa shape index (κ3) is 3.32. The van der Waals surface area contributed by atoms with E-state index in [9.17, 15) is 9.59 Å². The Hall–Kier alpha value is -2.46. The number of hydrogen-bond donors (Lipinski definition) is 0. The summed E-state index contributed by atoms with van der Waals surface area (Å²) in [6, 6.07) is 14.3. The number of carbonyl (C=O) groups is 2. The van der Waals surface area contributed by atoms with Gasteiger partial charge in [0.1, 0.15) is 11.6 Å². The number of hydrogen-bond acceptors (Lipinski definition) is 2. The molecule has 0 saturated heterocycles. The van der Waals surface area contributed by atoms with Gasteiger partial charge >= 0.3 is 0 Å². The zero-order valence-corrected chi connectivity index (χ0v) is 13.4. The van der Waals surface area contributed by atoms with Crippen LogP contribution in [0.2, 0.25) is 5.02 Å². The number of halogens is 1. The highest BCUT2D eigenvalue weighted by Crippen LogP contribution is 2.23. The van der Waals surface area contributed by atoms with Gasteiger partial charge in [-0.25, -0.2) is 0 Å². The molecule has 5 heteroatoms. The van der Waals surface area contributed by atoms with Crippen molar-refractivity contribution in [2.24, 2.45) is 4.99 Å². The molecule has 2 aromatic carbocycles. The van der Waals surface area contributed by atoms with E-state index in [2.05, 4.69) is 4.99 Å². The Kier molecular flexibility index (Phi) is 4.26. The predicted molar refractivity (Wildman–Crippen MR) is 89.9 cm³/mol. The number of ketones is 1. The van der Waals surface area contributed by atoms with Crippen molar-refractivity contribution in [1.82, 2.24) is 4.90 Å². The number of Topliss-reactive ketones (excluding diaryl/α,β-unsaturated/α-hetero) is 1. The summed E-state index contributed by atoms with van der Waals surface area (Å²) in [5.41, 5.74) is 2.43. The lowest BCUT2D eigenvalue weighted by Crippen LogP contribution is -2.30. The van der Waals surface area contributed by atoms with Gasteiger partial charge in [0, 0.05) is 22.7 Å². The number of rotatable bonds is 3. The van der Waals surface area contributed by atoms with Gasteiger partial charge in [0.2, 0.25) is 0 Å². The van der Waals surface area contributed by atoms with Gasteiger partial charge in [0.15, 0.2) is 0 Å². The van der Waals surface area contributed by atoms with Crippen LogP contribution in [0.4, 0.5) is 0 Å². The Bertz CT molecular complexity index is 797. The maximum absolute atomic E-state index is 12.4. The molecule has 3 rings (SSSR count). The summed E-state index contributed by atoms with van der Waals surface area (Å²) >= 11 is 5.84. The molecule has 0 unspecified atom stereocenters. The summed E-state index contributed by atoms with van der Waals surface area (Å²) in [7, 11) is 0. The minimum absolute atomic E-state index is 0.0319. The number of aliphatic imine (C=N–C) groups is 1. The first-order valence-electron chi connectivity index (χ1n) is 7.26. The van der Waals surface area contributed by atoms with Crippen LogP contribution in [-0.4, -0.2) is 29.0 Å². The number of carbonyl (C=O) groups excluding carboxylic acids is 2. The van der Waals surface area contributed by atoms with Crippen LogP contribution in [0.5, 0.6) is 0 Å². The van der Waals surface area contributed by atoms with Gasteiger partial charge in [-0.15, -0.1) is 0 Å². The Morgan fingerprint density at radius 3 is 2.52 bits per heavy atom. The molecular weight excluding hydrogens is 312 g/mol. The van der Waals surface area contributed by atoms with Gasteiger partial charge in [-0.1, -0.05) is 35.9 Å². The molecule has 0 saturated carbocycles. The lowest BCUT2D eigenvalue weighted by Gasteiger charge is -2.16. The highest BCUT2D eigenvalue weighted by atomic mass is 35.5. The second-order valence-corrected chi connectivity index (χ2v) is 5.90. The van der Waals surface area contributed by atoms with Gasteiger partial charge in [-0.2, -0.15) is 4.99 Å². The number of nitrogens with zero attached hydrogens (tertiary/aromatic N) is 2. The third-order valence-corrected chi connectivity index (χ3v) is 3.88. The standard InChI is InChI=1S/C18H15ClN2O2/c1-12(22)10-21-11-14-4-2-3-5-16(14)17(21)20-18(23)13-6-8-15(19)9-7-13/h2-9H,10-11H2,1H3. The summed E-state index contributed by atoms with van der Waals surface area (Å²) in [5.74, 6) is 0.238. The fourth-order valence-corrected chi connectivity index (χ4v) is 2.74. The van der Waals surface area contributed by atoms with Gasteiger partial charge in [-0.3, -0.25) is 9.59 Å². The number of amidine groups is 1. The molecule has 0 radical (unpaired) electrons. The van der Waals surface area contributed by atoms with Crippen molar-refractivity contribution in [2.75, 3.05) is 6.54 Å². The van der Waals surface area contributed by atoms with Gasteiger partial charge in [-0.05, 0) is 36.8 Å². The fourth-order valence-electron chi connectivity index (χ4n) is 2.61. The van der Waals surface area contributed by atoms with E-state index in [0.29, 0.717) is 23.0 Å². The minimum atomic E-state index is -0.345. The molecule has 0 atom stereocenters. The van der Waals surface area contributed by atoms with Crippen molar-refractivity contribution >= 4 is 29.1 Å². The summed E-state index contributed by atoms with van der Waals surface area (Å²) in [4.78, 5) is 30.0. The molecule has 0 aliphatic carbocycles. The fraction of sp³-hybridized carbons (Fsp3) is 0.167. The third-order valence-electron chi connectivity index (χ3n) is 3.63. The molecular formula is C18H15ClN2O2. The van der Waals surface area contributed by atoms with E-state index < -0.39 is 0 Å². The van der Waals surface area contributed by atoms with Crippen LogP contribution in [0.3, 0.4) is 0 Å². The van der Waals surface area contributed by atoms with E-state index >= 15 is 0 Å². The van der Waals surface area contributed by atoms with Crippen LogP contribution in [0.1, 0.15) is 28.4 Å². The van der Waals surface area contributed by atoms with Gasteiger partial charge in [0.25, 0.3) is 5.91 Å². The molecule has 2 aromatic rings. The van der Waals surface area contributed by atoms with E-state index in [1.54, 1.807) is 24.3 Å². The lowest BCUT2D eigenvalue weighted by atomic mass is 10.1. The zero-order valence-electron chi connectivity index (χ0n) is 12.6. The average Bonchev–Trinajstić information content (AvgIpc) is 2.85. The second-order valence-electron chi connectivity index (χ2n) is 5.46. The van der Waals surface area contributed by atoms with E-state index in [1.165, 1.54) is 6.92 Å². The summed E-state index contributed by atoms with van der Waals surface area (Å²) in [6.07, 6.45) is 0. The van der Waals surface area contributed by atoms with Crippen LogP contribution in [0.25, 0.3) is 0 Å². The van der Waals surface area contributed by atoms with Crippen LogP contribution in [0, 0.1) is 0 Å². The molecule has 116 valence electrons. The highest BCUT2D eigenvalue weighted by molar-refractivity contribution is 6.30. The number of amides is 1. The molecule has 0 spiro atoms. The maximum atomic E-state index is 12.4. The van der Waals surface area contributed by atoms with Crippen LogP contribution >= 0.6 is 11.6 Å². The molecule has 0 bridgehead atoms. The first kappa shape index (κ1) is 15.4. The number of fused-ring (bicyclic) bond motifs is 1. The Balaban J connectivity index is 1.97.